The lowest BCUT2D eigenvalue weighted by molar-refractivity contribution is 0.0601. The van der Waals surface area contributed by atoms with Crippen molar-refractivity contribution in [2.24, 2.45) is 0 Å². The molecule has 0 saturated carbocycles. The van der Waals surface area contributed by atoms with E-state index in [0.29, 0.717) is 29.2 Å². The van der Waals surface area contributed by atoms with Gasteiger partial charge in [-0.15, -0.1) is 0 Å². The first-order chi connectivity index (χ1) is 9.10. The Hall–Kier alpha value is -2.50. The van der Waals surface area contributed by atoms with Gasteiger partial charge in [-0.3, -0.25) is 0 Å². The van der Waals surface area contributed by atoms with E-state index in [-0.39, 0.29) is 0 Å². The van der Waals surface area contributed by atoms with Crippen molar-refractivity contribution in [3.05, 3.63) is 41.3 Å². The largest absolute Gasteiger partial charge is 0.465 e. The maximum Gasteiger partial charge on any atom is 0.337 e. The number of nitrogen functional groups attached to an aromatic ring is 1. The van der Waals surface area contributed by atoms with Crippen molar-refractivity contribution in [1.82, 2.24) is 5.16 Å². The number of methoxy groups -OCH3 is 1. The van der Waals surface area contributed by atoms with Crippen molar-refractivity contribution in [1.29, 1.82) is 0 Å². The van der Waals surface area contributed by atoms with Gasteiger partial charge in [0.15, 0.2) is 5.76 Å². The Kier molecular flexibility index (Phi) is 3.70. The van der Waals surface area contributed by atoms with Crippen molar-refractivity contribution >= 4 is 17.3 Å². The SMILES string of the molecule is COC(=O)c1ccc(N)c(NCc2cc(C)no2)c1. The van der Waals surface area contributed by atoms with E-state index in [0.717, 1.165) is 5.69 Å². The second kappa shape index (κ2) is 5.43. The number of rotatable bonds is 4. The average molecular weight is 261 g/mol. The van der Waals surface area contributed by atoms with Crippen molar-refractivity contribution in [2.75, 3.05) is 18.2 Å². The molecule has 0 amide bonds. The van der Waals surface area contributed by atoms with Gasteiger partial charge in [0.25, 0.3) is 0 Å². The van der Waals surface area contributed by atoms with Gasteiger partial charge in [-0.1, -0.05) is 5.16 Å². The first-order valence-electron chi connectivity index (χ1n) is 5.74. The van der Waals surface area contributed by atoms with E-state index in [1.807, 2.05) is 13.0 Å². The molecular formula is C13H15N3O3. The fraction of sp³-hybridized carbons (Fsp3) is 0.231. The van der Waals surface area contributed by atoms with Crippen LogP contribution < -0.4 is 11.1 Å². The number of hydrogen-bond donors (Lipinski definition) is 2. The molecule has 6 heteroatoms. The van der Waals surface area contributed by atoms with Crippen LogP contribution in [-0.2, 0) is 11.3 Å². The van der Waals surface area contributed by atoms with E-state index >= 15 is 0 Å². The molecule has 2 rings (SSSR count). The molecule has 1 aromatic carbocycles. The molecule has 1 heterocycles. The van der Waals surface area contributed by atoms with Gasteiger partial charge in [0.1, 0.15) is 0 Å². The molecule has 0 saturated heterocycles. The number of aryl methyl sites for hydroxylation is 1. The normalized spacial score (nSPS) is 10.2. The van der Waals surface area contributed by atoms with Crippen LogP contribution in [0.5, 0.6) is 0 Å². The molecule has 0 aliphatic carbocycles. The highest BCUT2D eigenvalue weighted by Gasteiger charge is 2.09. The lowest BCUT2D eigenvalue weighted by Gasteiger charge is -2.09. The summed E-state index contributed by atoms with van der Waals surface area (Å²) < 4.78 is 9.74. The molecule has 0 fully saturated rings. The maximum atomic E-state index is 11.4. The van der Waals surface area contributed by atoms with Crippen molar-refractivity contribution in [2.45, 2.75) is 13.5 Å². The minimum absolute atomic E-state index is 0.404. The third-order valence-electron chi connectivity index (χ3n) is 2.60. The van der Waals surface area contributed by atoms with Gasteiger partial charge < -0.3 is 20.3 Å². The van der Waals surface area contributed by atoms with E-state index in [1.165, 1.54) is 7.11 Å². The molecule has 0 aliphatic rings. The lowest BCUT2D eigenvalue weighted by atomic mass is 10.1. The summed E-state index contributed by atoms with van der Waals surface area (Å²) in [6.07, 6.45) is 0. The number of aromatic nitrogens is 1. The number of nitrogens with one attached hydrogen (secondary N) is 1. The summed E-state index contributed by atoms with van der Waals surface area (Å²) in [6.45, 7) is 2.29. The topological polar surface area (TPSA) is 90.4 Å². The third kappa shape index (κ3) is 3.04. The molecule has 3 N–H and O–H groups in total. The molecule has 2 aromatic rings. The Morgan fingerprint density at radius 3 is 2.89 bits per heavy atom. The van der Waals surface area contributed by atoms with Crippen LogP contribution in [0.25, 0.3) is 0 Å². The Labute approximate surface area is 110 Å². The van der Waals surface area contributed by atoms with Crippen molar-refractivity contribution < 1.29 is 14.1 Å². The van der Waals surface area contributed by atoms with Crippen LogP contribution >= 0.6 is 0 Å². The van der Waals surface area contributed by atoms with Crippen LogP contribution in [0.2, 0.25) is 0 Å². The van der Waals surface area contributed by atoms with E-state index < -0.39 is 5.97 Å². The highest BCUT2D eigenvalue weighted by molar-refractivity contribution is 5.91. The van der Waals surface area contributed by atoms with Gasteiger partial charge in [-0.25, -0.2) is 4.79 Å². The zero-order chi connectivity index (χ0) is 13.8. The fourth-order valence-electron chi connectivity index (χ4n) is 1.64. The van der Waals surface area contributed by atoms with E-state index in [9.17, 15) is 4.79 Å². The maximum absolute atomic E-state index is 11.4. The molecule has 0 bridgehead atoms. The molecule has 100 valence electrons. The molecule has 19 heavy (non-hydrogen) atoms. The molecule has 1 aromatic heterocycles. The van der Waals surface area contributed by atoms with E-state index in [4.69, 9.17) is 10.3 Å². The Morgan fingerprint density at radius 1 is 1.47 bits per heavy atom. The van der Waals surface area contributed by atoms with Gasteiger partial charge in [0, 0.05) is 6.07 Å². The van der Waals surface area contributed by atoms with Gasteiger partial charge in [0.2, 0.25) is 0 Å². The highest BCUT2D eigenvalue weighted by Crippen LogP contribution is 2.21. The summed E-state index contributed by atoms with van der Waals surface area (Å²) in [5.41, 5.74) is 8.29. The second-order valence-electron chi connectivity index (χ2n) is 4.08. The fourth-order valence-corrected chi connectivity index (χ4v) is 1.64. The number of carbonyl (C=O) groups excluding carboxylic acids is 1. The standard InChI is InChI=1S/C13H15N3O3/c1-8-5-10(19-16-8)7-15-12-6-9(13(17)18-2)3-4-11(12)14/h3-6,15H,7,14H2,1-2H3. The quantitative estimate of drug-likeness (QED) is 0.646. The van der Waals surface area contributed by atoms with E-state index in [2.05, 4.69) is 15.2 Å². The number of ether oxygens (including phenoxy) is 1. The summed E-state index contributed by atoms with van der Waals surface area (Å²) in [4.78, 5) is 11.4. The monoisotopic (exact) mass is 261 g/mol. The molecule has 0 atom stereocenters. The average Bonchev–Trinajstić information content (AvgIpc) is 2.82. The lowest BCUT2D eigenvalue weighted by Crippen LogP contribution is -2.06. The smallest absolute Gasteiger partial charge is 0.337 e. The molecule has 0 unspecified atom stereocenters. The van der Waals surface area contributed by atoms with Crippen LogP contribution in [0, 0.1) is 6.92 Å². The predicted molar refractivity (Wildman–Crippen MR) is 70.8 cm³/mol. The van der Waals surface area contributed by atoms with Crippen molar-refractivity contribution in [3.63, 3.8) is 0 Å². The summed E-state index contributed by atoms with van der Waals surface area (Å²) in [5, 5.41) is 6.89. The minimum Gasteiger partial charge on any atom is -0.465 e. The van der Waals surface area contributed by atoms with Crippen LogP contribution in [0.1, 0.15) is 21.8 Å². The number of hydrogen-bond acceptors (Lipinski definition) is 6. The Balaban J connectivity index is 2.12. The third-order valence-corrected chi connectivity index (χ3v) is 2.60. The number of nitrogens with zero attached hydrogens (tertiary/aromatic N) is 1. The second-order valence-corrected chi connectivity index (χ2v) is 4.08. The zero-order valence-corrected chi connectivity index (χ0v) is 10.8. The van der Waals surface area contributed by atoms with Gasteiger partial charge >= 0.3 is 5.97 Å². The summed E-state index contributed by atoms with van der Waals surface area (Å²) in [7, 11) is 1.34. The number of benzene rings is 1. The zero-order valence-electron chi connectivity index (χ0n) is 10.8. The summed E-state index contributed by atoms with van der Waals surface area (Å²) >= 11 is 0. The van der Waals surface area contributed by atoms with E-state index in [1.54, 1.807) is 18.2 Å². The Bertz CT molecular complexity index is 593. The van der Waals surface area contributed by atoms with Crippen LogP contribution in [0.4, 0.5) is 11.4 Å². The summed E-state index contributed by atoms with van der Waals surface area (Å²) in [5.74, 6) is 0.291. The number of carbonyl (C=O) groups is 1. The predicted octanol–water partition coefficient (Wildman–Crippen LogP) is 1.96. The first-order valence-corrected chi connectivity index (χ1v) is 5.74. The molecule has 0 aliphatic heterocycles. The molecule has 0 spiro atoms. The van der Waals surface area contributed by atoms with Gasteiger partial charge in [0.05, 0.1) is 36.3 Å². The van der Waals surface area contributed by atoms with Gasteiger partial charge in [-0.2, -0.15) is 0 Å². The first kappa shape index (κ1) is 12.9. The van der Waals surface area contributed by atoms with Crippen LogP contribution in [0.15, 0.2) is 28.8 Å². The molecular weight excluding hydrogens is 246 g/mol. The number of nitrogens with two attached hydrogens (primary N) is 1. The summed E-state index contributed by atoms with van der Waals surface area (Å²) in [6, 6.07) is 6.74. The van der Waals surface area contributed by atoms with Crippen LogP contribution in [0.3, 0.4) is 0 Å². The number of anilines is 2. The molecule has 0 radical (unpaired) electrons. The van der Waals surface area contributed by atoms with Crippen molar-refractivity contribution in [3.8, 4) is 0 Å². The number of esters is 1. The minimum atomic E-state index is -0.404. The van der Waals surface area contributed by atoms with Gasteiger partial charge in [-0.05, 0) is 25.1 Å². The highest BCUT2D eigenvalue weighted by atomic mass is 16.5. The molecule has 6 nitrogen and oxygen atoms in total. The van der Waals surface area contributed by atoms with Crippen LogP contribution in [-0.4, -0.2) is 18.2 Å². The Morgan fingerprint density at radius 2 is 2.26 bits per heavy atom.